The first kappa shape index (κ1) is 34.5. The van der Waals surface area contributed by atoms with Crippen LogP contribution in [-0.2, 0) is 25.7 Å². The minimum absolute atomic E-state index is 0.0199. The third-order valence-electron chi connectivity index (χ3n) is 7.15. The molecular weight excluding hydrogens is 584 g/mol. The van der Waals surface area contributed by atoms with Gasteiger partial charge in [-0.3, -0.25) is 33.4 Å². The van der Waals surface area contributed by atoms with Crippen LogP contribution in [-0.4, -0.2) is 78.8 Å². The van der Waals surface area contributed by atoms with E-state index in [-0.39, 0.29) is 66.1 Å². The molecule has 2 aromatic rings. The average molecular weight is 625 g/mol. The largest absolute Gasteiger partial charge is 0.463 e. The van der Waals surface area contributed by atoms with Crippen LogP contribution >= 0.6 is 0 Å². The number of carbonyl (C=O) groups is 5. The van der Waals surface area contributed by atoms with E-state index in [1.165, 1.54) is 19.1 Å². The van der Waals surface area contributed by atoms with Crippen LogP contribution in [0.3, 0.4) is 0 Å². The predicted octanol–water partition coefficient (Wildman–Crippen LogP) is 0.758. The van der Waals surface area contributed by atoms with Gasteiger partial charge in [0.2, 0.25) is 11.8 Å². The van der Waals surface area contributed by atoms with Crippen LogP contribution in [0.4, 0.5) is 5.82 Å². The molecule has 0 saturated heterocycles. The summed E-state index contributed by atoms with van der Waals surface area (Å²) in [5.74, 6) is -0.625. The van der Waals surface area contributed by atoms with Crippen molar-refractivity contribution < 1.29 is 28.7 Å². The van der Waals surface area contributed by atoms with Gasteiger partial charge in [-0.15, -0.1) is 6.42 Å². The highest BCUT2D eigenvalue weighted by Crippen LogP contribution is 2.21. The molecule has 1 aliphatic heterocycles. The van der Waals surface area contributed by atoms with E-state index < -0.39 is 29.6 Å². The monoisotopic (exact) mass is 624 g/mol. The zero-order valence-electron chi connectivity index (χ0n) is 26.0. The SMILES string of the molecule is C#CCn1c(=O)n(C(=O)C(C)NC(=O)C(NC(=O)CCCCCN2C(=O)C=CC2=O)C(C)C)c2c(N)nc(OCCCC)nc21. The standard InChI is InChI=1S/C30H40N8O7/c1-6-8-17-45-29-34-25(31)24-26(35-29)37(15-7-2)30(44)38(24)28(43)19(5)32-27(42)23(18(3)4)33-20(39)12-10-9-11-16-36-21(40)13-14-22(36)41/h2,13-14,18-19,23H,6,8-12,15-17H2,1,3-5H3,(H,32,42)(H,33,39)(H2,31,34,35). The lowest BCUT2D eigenvalue weighted by atomic mass is 10.0. The highest BCUT2D eigenvalue weighted by molar-refractivity contribution is 6.12. The summed E-state index contributed by atoms with van der Waals surface area (Å²) in [5, 5.41) is 5.29. The van der Waals surface area contributed by atoms with E-state index in [0.29, 0.717) is 25.9 Å². The van der Waals surface area contributed by atoms with Crippen LogP contribution in [0.1, 0.15) is 71.0 Å². The number of fused-ring (bicyclic) bond motifs is 1. The van der Waals surface area contributed by atoms with Gasteiger partial charge in [0, 0.05) is 25.1 Å². The molecule has 2 aromatic heterocycles. The number of unbranched alkanes of at least 4 members (excludes halogenated alkanes) is 3. The van der Waals surface area contributed by atoms with Gasteiger partial charge in [-0.05, 0) is 32.1 Å². The van der Waals surface area contributed by atoms with Crippen LogP contribution in [0, 0.1) is 18.3 Å². The van der Waals surface area contributed by atoms with Gasteiger partial charge in [-0.25, -0.2) is 9.36 Å². The molecule has 0 radical (unpaired) electrons. The van der Waals surface area contributed by atoms with Crippen LogP contribution < -0.4 is 26.8 Å². The van der Waals surface area contributed by atoms with Crippen molar-refractivity contribution in [1.29, 1.82) is 0 Å². The van der Waals surface area contributed by atoms with Gasteiger partial charge in [0.15, 0.2) is 11.5 Å². The quantitative estimate of drug-likeness (QED) is 0.136. The number of nitrogens with two attached hydrogens (primary N) is 1. The average Bonchev–Trinajstić information content (AvgIpc) is 3.45. The molecular formula is C30H40N8O7. The topological polar surface area (TPSA) is 201 Å². The number of imide groups is 1. The Kier molecular flexibility index (Phi) is 12.0. The van der Waals surface area contributed by atoms with E-state index in [4.69, 9.17) is 16.9 Å². The van der Waals surface area contributed by atoms with Crippen molar-refractivity contribution in [3.8, 4) is 18.4 Å². The van der Waals surface area contributed by atoms with E-state index in [2.05, 4.69) is 26.5 Å². The van der Waals surface area contributed by atoms with Crippen LogP contribution in [0.5, 0.6) is 6.01 Å². The lowest BCUT2D eigenvalue weighted by Crippen LogP contribution is -2.54. The summed E-state index contributed by atoms with van der Waals surface area (Å²) in [6.07, 6.45) is 11.3. The molecule has 3 rings (SSSR count). The molecule has 2 unspecified atom stereocenters. The zero-order chi connectivity index (χ0) is 33.3. The van der Waals surface area contributed by atoms with Gasteiger partial charge in [-0.2, -0.15) is 9.97 Å². The second kappa shape index (κ2) is 15.6. The summed E-state index contributed by atoms with van der Waals surface area (Å²) < 4.78 is 7.42. The lowest BCUT2D eigenvalue weighted by molar-refractivity contribution is -0.137. The second-order valence-electron chi connectivity index (χ2n) is 11.0. The van der Waals surface area contributed by atoms with Gasteiger partial charge < -0.3 is 21.1 Å². The van der Waals surface area contributed by atoms with Crippen molar-refractivity contribution in [3.63, 3.8) is 0 Å². The number of imidazole rings is 1. The molecule has 3 heterocycles. The number of amides is 4. The fourth-order valence-electron chi connectivity index (χ4n) is 4.68. The van der Waals surface area contributed by atoms with Crippen molar-refractivity contribution in [3.05, 3.63) is 22.6 Å². The summed E-state index contributed by atoms with van der Waals surface area (Å²) in [6, 6.07) is -2.23. The number of terminal acetylenes is 1. The van der Waals surface area contributed by atoms with Gasteiger partial charge in [0.05, 0.1) is 13.2 Å². The molecule has 15 nitrogen and oxygen atoms in total. The molecule has 4 N–H and O–H groups in total. The molecule has 0 spiro atoms. The minimum atomic E-state index is -1.20. The number of rotatable bonds is 16. The maximum absolute atomic E-state index is 13.5. The van der Waals surface area contributed by atoms with E-state index >= 15 is 0 Å². The van der Waals surface area contributed by atoms with Gasteiger partial charge in [0.1, 0.15) is 17.6 Å². The fourth-order valence-corrected chi connectivity index (χ4v) is 4.68. The number of hydrogen-bond acceptors (Lipinski definition) is 10. The number of ether oxygens (including phenoxy) is 1. The van der Waals surface area contributed by atoms with Gasteiger partial charge >= 0.3 is 11.7 Å². The summed E-state index contributed by atoms with van der Waals surface area (Å²) >= 11 is 0. The second-order valence-corrected chi connectivity index (χ2v) is 11.0. The molecule has 4 amide bonds. The highest BCUT2D eigenvalue weighted by atomic mass is 16.5. The molecule has 0 fully saturated rings. The normalized spacial score (nSPS) is 14.1. The maximum Gasteiger partial charge on any atom is 0.338 e. The number of nitrogen functional groups attached to an aromatic ring is 1. The molecule has 45 heavy (non-hydrogen) atoms. The van der Waals surface area contributed by atoms with Crippen molar-refractivity contribution >= 4 is 46.5 Å². The fraction of sp³-hybridized carbons (Fsp3) is 0.533. The van der Waals surface area contributed by atoms with Gasteiger partial charge in [-0.1, -0.05) is 39.5 Å². The summed E-state index contributed by atoms with van der Waals surface area (Å²) in [7, 11) is 0. The Labute approximate surface area is 260 Å². The Morgan fingerprint density at radius 3 is 2.33 bits per heavy atom. The third-order valence-corrected chi connectivity index (χ3v) is 7.15. The first-order valence-corrected chi connectivity index (χ1v) is 14.9. The van der Waals surface area contributed by atoms with Crippen molar-refractivity contribution in [2.24, 2.45) is 5.92 Å². The van der Waals surface area contributed by atoms with Crippen molar-refractivity contribution in [2.45, 2.75) is 84.8 Å². The number of hydrogen-bond donors (Lipinski definition) is 3. The number of carbonyl (C=O) groups excluding carboxylic acids is 5. The molecule has 0 bridgehead atoms. The molecule has 1 aliphatic rings. The molecule has 0 saturated carbocycles. The summed E-state index contributed by atoms with van der Waals surface area (Å²) in [5.41, 5.74) is 5.30. The Bertz CT molecular complexity index is 1560. The molecule has 2 atom stereocenters. The molecule has 0 aliphatic carbocycles. The number of nitrogens with zero attached hydrogens (tertiary/aromatic N) is 5. The molecule has 242 valence electrons. The van der Waals surface area contributed by atoms with E-state index in [9.17, 15) is 28.8 Å². The molecule has 15 heteroatoms. The van der Waals surface area contributed by atoms with E-state index in [1.807, 2.05) is 6.92 Å². The van der Waals surface area contributed by atoms with E-state index in [1.54, 1.807) is 13.8 Å². The first-order valence-electron chi connectivity index (χ1n) is 14.9. The Morgan fingerprint density at radius 1 is 1.02 bits per heavy atom. The van der Waals surface area contributed by atoms with Crippen LogP contribution in [0.15, 0.2) is 16.9 Å². The third kappa shape index (κ3) is 8.34. The van der Waals surface area contributed by atoms with Gasteiger partial charge in [0.25, 0.3) is 17.7 Å². The number of nitrogens with one attached hydrogen (secondary N) is 2. The van der Waals surface area contributed by atoms with Crippen molar-refractivity contribution in [2.75, 3.05) is 18.9 Å². The van der Waals surface area contributed by atoms with E-state index in [0.717, 1.165) is 26.9 Å². The van der Waals surface area contributed by atoms with Crippen LogP contribution in [0.2, 0.25) is 0 Å². The lowest BCUT2D eigenvalue weighted by Gasteiger charge is -2.23. The summed E-state index contributed by atoms with van der Waals surface area (Å²) in [4.78, 5) is 85.5. The predicted molar refractivity (Wildman–Crippen MR) is 165 cm³/mol. The smallest absolute Gasteiger partial charge is 0.338 e. The minimum Gasteiger partial charge on any atom is -0.463 e. The Hall–Kier alpha value is -5.00. The molecule has 0 aromatic carbocycles. The maximum atomic E-state index is 13.5. The Morgan fingerprint density at radius 2 is 1.71 bits per heavy atom. The highest BCUT2D eigenvalue weighted by Gasteiger charge is 2.31. The zero-order valence-corrected chi connectivity index (χ0v) is 26.0. The Balaban J connectivity index is 1.66. The number of anilines is 1. The summed E-state index contributed by atoms with van der Waals surface area (Å²) in [6.45, 7) is 7.28. The first-order chi connectivity index (χ1) is 21.4. The van der Waals surface area contributed by atoms with Crippen molar-refractivity contribution in [1.82, 2.24) is 34.6 Å². The van der Waals surface area contributed by atoms with Crippen LogP contribution in [0.25, 0.3) is 11.2 Å². The number of aromatic nitrogens is 4.